The SMILES string of the molecule is Cc1cc(C)n(-c2cncc(NCCCNC(=O)c3ccccc3)n2)n1. The quantitative estimate of drug-likeness (QED) is 0.640. The number of rotatable bonds is 7. The van der Waals surface area contributed by atoms with Gasteiger partial charge in [-0.15, -0.1) is 0 Å². The lowest BCUT2D eigenvalue weighted by Crippen LogP contribution is -2.25. The van der Waals surface area contributed by atoms with Crippen LogP contribution < -0.4 is 10.6 Å². The predicted octanol–water partition coefficient (Wildman–Crippen LogP) is 2.51. The summed E-state index contributed by atoms with van der Waals surface area (Å²) < 4.78 is 1.77. The smallest absolute Gasteiger partial charge is 0.251 e. The van der Waals surface area contributed by atoms with E-state index in [0.717, 1.165) is 17.8 Å². The second-order valence-electron chi connectivity index (χ2n) is 6.00. The van der Waals surface area contributed by atoms with Gasteiger partial charge in [0.05, 0.1) is 18.1 Å². The van der Waals surface area contributed by atoms with Crippen LogP contribution in [0, 0.1) is 13.8 Å². The number of hydrogen-bond acceptors (Lipinski definition) is 5. The number of amides is 1. The van der Waals surface area contributed by atoms with Gasteiger partial charge in [-0.05, 0) is 38.5 Å². The summed E-state index contributed by atoms with van der Waals surface area (Å²) in [7, 11) is 0. The maximum Gasteiger partial charge on any atom is 0.251 e. The highest BCUT2D eigenvalue weighted by Crippen LogP contribution is 2.11. The van der Waals surface area contributed by atoms with Gasteiger partial charge in [-0.2, -0.15) is 5.10 Å². The molecule has 0 saturated carbocycles. The van der Waals surface area contributed by atoms with Crippen LogP contribution in [0.25, 0.3) is 5.82 Å². The molecule has 0 saturated heterocycles. The van der Waals surface area contributed by atoms with E-state index in [1.807, 2.05) is 38.1 Å². The molecule has 7 nitrogen and oxygen atoms in total. The monoisotopic (exact) mass is 350 g/mol. The van der Waals surface area contributed by atoms with E-state index in [1.54, 1.807) is 29.2 Å². The van der Waals surface area contributed by atoms with Crippen molar-refractivity contribution in [3.05, 3.63) is 65.7 Å². The van der Waals surface area contributed by atoms with Crippen molar-refractivity contribution < 1.29 is 4.79 Å². The molecule has 0 radical (unpaired) electrons. The van der Waals surface area contributed by atoms with Crippen molar-refractivity contribution in [1.82, 2.24) is 25.1 Å². The van der Waals surface area contributed by atoms with E-state index in [0.29, 0.717) is 30.3 Å². The maximum atomic E-state index is 11.9. The molecule has 2 aromatic heterocycles. The van der Waals surface area contributed by atoms with Crippen LogP contribution in [0.15, 0.2) is 48.8 Å². The van der Waals surface area contributed by atoms with E-state index in [1.165, 1.54) is 0 Å². The minimum absolute atomic E-state index is 0.0584. The van der Waals surface area contributed by atoms with Crippen LogP contribution in [0.4, 0.5) is 5.82 Å². The lowest BCUT2D eigenvalue weighted by Gasteiger charge is -2.09. The molecule has 3 aromatic rings. The molecule has 0 atom stereocenters. The van der Waals surface area contributed by atoms with Crippen LogP contribution >= 0.6 is 0 Å². The van der Waals surface area contributed by atoms with Crippen molar-refractivity contribution in [2.45, 2.75) is 20.3 Å². The molecule has 0 unspecified atom stereocenters. The highest BCUT2D eigenvalue weighted by Gasteiger charge is 2.07. The Hall–Kier alpha value is -3.22. The fourth-order valence-electron chi connectivity index (χ4n) is 2.60. The van der Waals surface area contributed by atoms with E-state index in [2.05, 4.69) is 25.7 Å². The highest BCUT2D eigenvalue weighted by atomic mass is 16.1. The van der Waals surface area contributed by atoms with Crippen LogP contribution in [0.2, 0.25) is 0 Å². The zero-order valence-corrected chi connectivity index (χ0v) is 14.9. The number of nitrogens with zero attached hydrogens (tertiary/aromatic N) is 4. The number of hydrogen-bond donors (Lipinski definition) is 2. The first-order valence-electron chi connectivity index (χ1n) is 8.56. The number of carbonyl (C=O) groups is 1. The molecule has 1 aromatic carbocycles. The molecule has 26 heavy (non-hydrogen) atoms. The molecule has 3 rings (SSSR count). The first kappa shape index (κ1) is 17.6. The Morgan fingerprint density at radius 3 is 2.65 bits per heavy atom. The van der Waals surface area contributed by atoms with Crippen molar-refractivity contribution in [2.24, 2.45) is 0 Å². The first-order chi connectivity index (χ1) is 12.6. The Labute approximate surface area is 152 Å². The van der Waals surface area contributed by atoms with Crippen LogP contribution in [0.3, 0.4) is 0 Å². The number of benzene rings is 1. The summed E-state index contributed by atoms with van der Waals surface area (Å²) in [5, 5.41) is 10.6. The number of aryl methyl sites for hydroxylation is 2. The third kappa shape index (κ3) is 4.44. The number of aromatic nitrogens is 4. The standard InChI is InChI=1S/C19H22N6O/c1-14-11-15(2)25(24-14)18-13-20-12-17(23-18)21-9-6-10-22-19(26)16-7-4-3-5-8-16/h3-5,7-8,11-13H,6,9-10H2,1-2H3,(H,21,23)(H,22,26). The topological polar surface area (TPSA) is 84.7 Å². The van der Waals surface area contributed by atoms with Crippen LogP contribution in [0.5, 0.6) is 0 Å². The van der Waals surface area contributed by atoms with Gasteiger partial charge in [0.2, 0.25) is 0 Å². The van der Waals surface area contributed by atoms with Crippen molar-refractivity contribution in [3.8, 4) is 5.82 Å². The van der Waals surface area contributed by atoms with Gasteiger partial charge in [0.25, 0.3) is 5.91 Å². The lowest BCUT2D eigenvalue weighted by atomic mass is 10.2. The zero-order valence-electron chi connectivity index (χ0n) is 14.9. The molecule has 134 valence electrons. The molecule has 0 spiro atoms. The zero-order chi connectivity index (χ0) is 18.4. The summed E-state index contributed by atoms with van der Waals surface area (Å²) in [6.45, 7) is 5.20. The van der Waals surface area contributed by atoms with Gasteiger partial charge >= 0.3 is 0 Å². The minimum Gasteiger partial charge on any atom is -0.369 e. The Morgan fingerprint density at radius 1 is 1.12 bits per heavy atom. The van der Waals surface area contributed by atoms with Crippen LogP contribution in [-0.4, -0.2) is 38.7 Å². The molecular formula is C19H22N6O. The van der Waals surface area contributed by atoms with E-state index in [9.17, 15) is 4.79 Å². The molecule has 0 aliphatic rings. The average Bonchev–Trinajstić information content (AvgIpc) is 3.00. The summed E-state index contributed by atoms with van der Waals surface area (Å²) in [6, 6.07) is 11.2. The summed E-state index contributed by atoms with van der Waals surface area (Å²) in [4.78, 5) is 20.7. The summed E-state index contributed by atoms with van der Waals surface area (Å²) >= 11 is 0. The largest absolute Gasteiger partial charge is 0.369 e. The van der Waals surface area contributed by atoms with E-state index in [4.69, 9.17) is 0 Å². The average molecular weight is 350 g/mol. The third-order valence-corrected chi connectivity index (χ3v) is 3.83. The Kier molecular flexibility index (Phi) is 5.58. The van der Waals surface area contributed by atoms with Crippen LogP contribution in [0.1, 0.15) is 28.2 Å². The van der Waals surface area contributed by atoms with Gasteiger partial charge in [0.15, 0.2) is 5.82 Å². The normalized spacial score (nSPS) is 10.5. The molecule has 0 aliphatic carbocycles. The second kappa shape index (κ2) is 8.24. The van der Waals surface area contributed by atoms with Gasteiger partial charge in [0.1, 0.15) is 5.82 Å². The van der Waals surface area contributed by atoms with Crippen LogP contribution in [-0.2, 0) is 0 Å². The third-order valence-electron chi connectivity index (χ3n) is 3.83. The summed E-state index contributed by atoms with van der Waals surface area (Å²) in [6.07, 6.45) is 4.15. The van der Waals surface area contributed by atoms with Gasteiger partial charge in [-0.1, -0.05) is 18.2 Å². The van der Waals surface area contributed by atoms with Gasteiger partial charge < -0.3 is 10.6 Å². The molecular weight excluding hydrogens is 328 g/mol. The Bertz CT molecular complexity index is 875. The molecule has 2 heterocycles. The number of nitrogens with one attached hydrogen (secondary N) is 2. The summed E-state index contributed by atoms with van der Waals surface area (Å²) in [5.41, 5.74) is 2.62. The fourth-order valence-corrected chi connectivity index (χ4v) is 2.60. The lowest BCUT2D eigenvalue weighted by molar-refractivity contribution is 0.0953. The first-order valence-corrected chi connectivity index (χ1v) is 8.56. The predicted molar refractivity (Wildman–Crippen MR) is 101 cm³/mol. The van der Waals surface area contributed by atoms with E-state index < -0.39 is 0 Å². The van der Waals surface area contributed by atoms with Crippen molar-refractivity contribution >= 4 is 11.7 Å². The molecule has 0 fully saturated rings. The fraction of sp³-hybridized carbons (Fsp3) is 0.263. The van der Waals surface area contributed by atoms with Crippen molar-refractivity contribution in [3.63, 3.8) is 0 Å². The summed E-state index contributed by atoms with van der Waals surface area (Å²) in [5.74, 6) is 1.30. The molecule has 2 N–H and O–H groups in total. The molecule has 0 bridgehead atoms. The van der Waals surface area contributed by atoms with Crippen molar-refractivity contribution in [1.29, 1.82) is 0 Å². The van der Waals surface area contributed by atoms with Gasteiger partial charge in [0, 0.05) is 24.3 Å². The van der Waals surface area contributed by atoms with Crippen molar-refractivity contribution in [2.75, 3.05) is 18.4 Å². The molecule has 7 heteroatoms. The maximum absolute atomic E-state index is 11.9. The minimum atomic E-state index is -0.0584. The number of carbonyl (C=O) groups excluding carboxylic acids is 1. The second-order valence-corrected chi connectivity index (χ2v) is 6.00. The van der Waals surface area contributed by atoms with E-state index in [-0.39, 0.29) is 5.91 Å². The Morgan fingerprint density at radius 2 is 1.92 bits per heavy atom. The highest BCUT2D eigenvalue weighted by molar-refractivity contribution is 5.94. The van der Waals surface area contributed by atoms with E-state index >= 15 is 0 Å². The molecule has 1 amide bonds. The Balaban J connectivity index is 1.47. The number of anilines is 1. The molecule has 0 aliphatic heterocycles. The van der Waals surface area contributed by atoms with Gasteiger partial charge in [-0.3, -0.25) is 9.78 Å². The van der Waals surface area contributed by atoms with Gasteiger partial charge in [-0.25, -0.2) is 9.67 Å².